The molecule has 6 nitrogen and oxygen atoms in total. The fraction of sp³-hybridized carbons (Fsp3) is 0.688. The van der Waals surface area contributed by atoms with E-state index < -0.39 is 29.9 Å². The molecule has 8 heteroatoms. The van der Waals surface area contributed by atoms with Crippen LogP contribution in [0.4, 0.5) is 20.7 Å². The third kappa shape index (κ3) is 2.94. The first-order valence-corrected chi connectivity index (χ1v) is 8.39. The highest BCUT2D eigenvalue weighted by Crippen LogP contribution is 2.51. The molecule has 0 amide bonds. The molecule has 3 unspecified atom stereocenters. The van der Waals surface area contributed by atoms with Gasteiger partial charge in [0.05, 0.1) is 6.10 Å². The number of hydrogen-bond acceptors (Lipinski definition) is 6. The van der Waals surface area contributed by atoms with E-state index in [4.69, 9.17) is 0 Å². The van der Waals surface area contributed by atoms with Gasteiger partial charge in [-0.05, 0) is 33.6 Å². The standard InChI is InChI=1S/C16H23F2N5O/c1-4-19-15-21-14(22-16(23-15)20-7(2)3)9-6-5-8-10(11(9)17)13(24)12(8)18/h7-8,10,12-13,24H,4-6H2,1-3H3,(H2,19,20,21,22,23)/t8?,10-,12?,13?/m1/s1. The van der Waals surface area contributed by atoms with E-state index in [1.54, 1.807) is 0 Å². The number of anilines is 2. The van der Waals surface area contributed by atoms with Crippen molar-refractivity contribution >= 4 is 17.5 Å². The molecule has 24 heavy (non-hydrogen) atoms. The number of nitrogens with one attached hydrogen (secondary N) is 2. The van der Waals surface area contributed by atoms with Crippen LogP contribution in [0.2, 0.25) is 0 Å². The second kappa shape index (κ2) is 6.58. The summed E-state index contributed by atoms with van der Waals surface area (Å²) in [7, 11) is 0. The largest absolute Gasteiger partial charge is 0.389 e. The predicted octanol–water partition coefficient (Wildman–Crippen LogP) is 2.54. The predicted molar refractivity (Wildman–Crippen MR) is 87.9 cm³/mol. The molecule has 0 radical (unpaired) electrons. The lowest BCUT2D eigenvalue weighted by atomic mass is 9.63. The summed E-state index contributed by atoms with van der Waals surface area (Å²) in [6.07, 6.45) is -1.76. The number of nitrogens with zero attached hydrogens (tertiary/aromatic N) is 3. The Morgan fingerprint density at radius 2 is 1.96 bits per heavy atom. The van der Waals surface area contributed by atoms with E-state index in [9.17, 15) is 13.9 Å². The van der Waals surface area contributed by atoms with Gasteiger partial charge in [0.25, 0.3) is 0 Å². The summed E-state index contributed by atoms with van der Waals surface area (Å²) in [6.45, 7) is 6.44. The van der Waals surface area contributed by atoms with Gasteiger partial charge in [0.15, 0.2) is 5.82 Å². The van der Waals surface area contributed by atoms with Crippen LogP contribution in [0, 0.1) is 11.8 Å². The number of alkyl halides is 1. The minimum atomic E-state index is -1.34. The summed E-state index contributed by atoms with van der Waals surface area (Å²) in [4.78, 5) is 12.9. The Bertz CT molecular complexity index is 651. The molecule has 1 aromatic rings. The molecule has 1 aromatic heterocycles. The van der Waals surface area contributed by atoms with Crippen LogP contribution in [-0.2, 0) is 0 Å². The lowest BCUT2D eigenvalue weighted by Crippen LogP contribution is -2.54. The van der Waals surface area contributed by atoms with Crippen LogP contribution in [0.1, 0.15) is 39.4 Å². The normalized spacial score (nSPS) is 29.3. The van der Waals surface area contributed by atoms with Crippen molar-refractivity contribution < 1.29 is 13.9 Å². The topological polar surface area (TPSA) is 83.0 Å². The zero-order valence-corrected chi connectivity index (χ0v) is 14.1. The molecule has 3 rings (SSSR count). The number of allylic oxidation sites excluding steroid dienone is 1. The summed E-state index contributed by atoms with van der Waals surface area (Å²) < 4.78 is 28.4. The highest BCUT2D eigenvalue weighted by molar-refractivity contribution is 5.66. The van der Waals surface area contributed by atoms with E-state index in [-0.39, 0.29) is 11.9 Å². The van der Waals surface area contributed by atoms with Crippen LogP contribution in [0.5, 0.6) is 0 Å². The second-order valence-electron chi connectivity index (χ2n) is 6.63. The van der Waals surface area contributed by atoms with E-state index in [0.29, 0.717) is 36.9 Å². The monoisotopic (exact) mass is 339 g/mol. The number of hydrogen-bond donors (Lipinski definition) is 3. The molecule has 0 saturated heterocycles. The van der Waals surface area contributed by atoms with Crippen LogP contribution in [0.15, 0.2) is 5.83 Å². The molecular formula is C16H23F2N5O. The highest BCUT2D eigenvalue weighted by Gasteiger charge is 2.54. The Balaban J connectivity index is 1.97. The van der Waals surface area contributed by atoms with Crippen molar-refractivity contribution in [1.29, 1.82) is 0 Å². The molecule has 1 saturated carbocycles. The molecule has 4 atom stereocenters. The highest BCUT2D eigenvalue weighted by atomic mass is 19.1. The van der Waals surface area contributed by atoms with E-state index in [0.717, 1.165) is 0 Å². The number of halogens is 2. The SMILES string of the molecule is CCNc1nc(NC(C)C)nc(C2=C(F)[C@@H]3C(O)C(F)C3CC2)n1. The lowest BCUT2D eigenvalue weighted by molar-refractivity contribution is -0.111. The molecule has 0 aromatic carbocycles. The van der Waals surface area contributed by atoms with Crippen molar-refractivity contribution in [2.75, 3.05) is 17.2 Å². The number of rotatable bonds is 5. The molecular weight excluding hydrogens is 316 g/mol. The van der Waals surface area contributed by atoms with Gasteiger partial charge < -0.3 is 15.7 Å². The van der Waals surface area contributed by atoms with Crippen molar-refractivity contribution in [2.24, 2.45) is 11.8 Å². The van der Waals surface area contributed by atoms with Gasteiger partial charge in [-0.3, -0.25) is 0 Å². The first kappa shape index (κ1) is 17.0. The zero-order valence-electron chi connectivity index (χ0n) is 14.1. The van der Waals surface area contributed by atoms with Gasteiger partial charge >= 0.3 is 0 Å². The van der Waals surface area contributed by atoms with Gasteiger partial charge in [-0.15, -0.1) is 0 Å². The molecule has 132 valence electrons. The van der Waals surface area contributed by atoms with Gasteiger partial charge in [-0.25, -0.2) is 8.78 Å². The van der Waals surface area contributed by atoms with Crippen molar-refractivity contribution in [3.63, 3.8) is 0 Å². The quantitative estimate of drug-likeness (QED) is 0.765. The molecule has 2 aliphatic carbocycles. The fourth-order valence-corrected chi connectivity index (χ4v) is 3.35. The summed E-state index contributed by atoms with van der Waals surface area (Å²) in [6, 6.07) is 0.116. The Hall–Kier alpha value is -1.83. The van der Waals surface area contributed by atoms with E-state index in [2.05, 4.69) is 25.6 Å². The Kier molecular flexibility index (Phi) is 4.67. The molecule has 0 aliphatic heterocycles. The Morgan fingerprint density at radius 1 is 1.25 bits per heavy atom. The maximum Gasteiger partial charge on any atom is 0.228 e. The van der Waals surface area contributed by atoms with Gasteiger partial charge in [0, 0.05) is 30.0 Å². The Morgan fingerprint density at radius 3 is 2.62 bits per heavy atom. The molecule has 2 aliphatic rings. The van der Waals surface area contributed by atoms with Gasteiger partial charge in [0.2, 0.25) is 11.9 Å². The molecule has 3 N–H and O–H groups in total. The average Bonchev–Trinajstić information content (AvgIpc) is 2.53. The van der Waals surface area contributed by atoms with E-state index in [1.165, 1.54) is 0 Å². The van der Waals surface area contributed by atoms with E-state index >= 15 is 0 Å². The molecule has 0 spiro atoms. The lowest BCUT2D eigenvalue weighted by Gasteiger charge is -2.47. The number of aliphatic hydroxyl groups is 1. The third-order valence-corrected chi connectivity index (χ3v) is 4.53. The number of aliphatic hydroxyl groups excluding tert-OH is 1. The van der Waals surface area contributed by atoms with Crippen molar-refractivity contribution in [1.82, 2.24) is 15.0 Å². The smallest absolute Gasteiger partial charge is 0.228 e. The first-order valence-electron chi connectivity index (χ1n) is 8.39. The van der Waals surface area contributed by atoms with Crippen molar-refractivity contribution in [2.45, 2.75) is 51.9 Å². The van der Waals surface area contributed by atoms with Crippen LogP contribution >= 0.6 is 0 Å². The van der Waals surface area contributed by atoms with Crippen molar-refractivity contribution in [3.05, 3.63) is 11.7 Å². The average molecular weight is 339 g/mol. The van der Waals surface area contributed by atoms with Crippen LogP contribution < -0.4 is 10.6 Å². The first-order chi connectivity index (χ1) is 11.4. The third-order valence-electron chi connectivity index (χ3n) is 4.53. The van der Waals surface area contributed by atoms with Crippen molar-refractivity contribution in [3.8, 4) is 0 Å². The summed E-state index contributed by atoms with van der Waals surface area (Å²) in [5, 5.41) is 15.8. The molecule has 0 bridgehead atoms. The molecule has 1 heterocycles. The fourth-order valence-electron chi connectivity index (χ4n) is 3.35. The second-order valence-corrected chi connectivity index (χ2v) is 6.63. The summed E-state index contributed by atoms with van der Waals surface area (Å²) in [5.74, 6) is -0.723. The van der Waals surface area contributed by atoms with Crippen LogP contribution in [0.3, 0.4) is 0 Å². The van der Waals surface area contributed by atoms with Gasteiger partial charge in [-0.2, -0.15) is 15.0 Å². The van der Waals surface area contributed by atoms with E-state index in [1.807, 2.05) is 20.8 Å². The maximum absolute atomic E-state index is 14.8. The Labute approximate surface area is 139 Å². The number of fused-ring (bicyclic) bond motifs is 1. The number of aromatic nitrogens is 3. The van der Waals surface area contributed by atoms with Gasteiger partial charge in [0.1, 0.15) is 12.0 Å². The van der Waals surface area contributed by atoms with Crippen LogP contribution in [-0.4, -0.2) is 44.9 Å². The van der Waals surface area contributed by atoms with Crippen LogP contribution in [0.25, 0.3) is 5.57 Å². The minimum absolute atomic E-state index is 0.116. The maximum atomic E-state index is 14.8. The summed E-state index contributed by atoms with van der Waals surface area (Å²) in [5.41, 5.74) is 0.343. The molecule has 1 fully saturated rings. The van der Waals surface area contributed by atoms with Gasteiger partial charge in [-0.1, -0.05) is 0 Å². The zero-order chi connectivity index (χ0) is 17.4. The minimum Gasteiger partial charge on any atom is -0.389 e. The summed E-state index contributed by atoms with van der Waals surface area (Å²) >= 11 is 0.